The van der Waals surface area contributed by atoms with Crippen molar-refractivity contribution in [2.75, 3.05) is 20.8 Å². The normalized spacial score (nSPS) is 10.4. The van der Waals surface area contributed by atoms with Gasteiger partial charge in [0.25, 0.3) is 0 Å². The van der Waals surface area contributed by atoms with Gasteiger partial charge in [-0.2, -0.15) is 0 Å². The molecule has 0 aliphatic heterocycles. The zero-order valence-corrected chi connectivity index (χ0v) is 18.4. The highest BCUT2D eigenvalue weighted by atomic mass is 127. The second kappa shape index (κ2) is 12.3. The number of guanidine groups is 1. The summed E-state index contributed by atoms with van der Waals surface area (Å²) in [4.78, 5) is 4.23. The first-order valence-corrected chi connectivity index (χ1v) is 8.46. The Morgan fingerprint density at radius 2 is 1.81 bits per heavy atom. The van der Waals surface area contributed by atoms with Crippen molar-refractivity contribution in [2.24, 2.45) is 4.99 Å². The topological polar surface area (TPSA) is 54.9 Å². The molecule has 2 aromatic rings. The molecule has 2 rings (SSSR count). The number of aliphatic imine (C=N–C) groups is 1. The summed E-state index contributed by atoms with van der Waals surface area (Å²) in [6.45, 7) is 1.39. The number of methoxy groups -OCH3 is 1. The fourth-order valence-electron chi connectivity index (χ4n) is 2.30. The predicted molar refractivity (Wildman–Crippen MR) is 121 cm³/mol. The lowest BCUT2D eigenvalue weighted by molar-refractivity contribution is 0.330. The summed E-state index contributed by atoms with van der Waals surface area (Å²) < 4.78 is 10.8. The number of hydrogen-bond acceptors (Lipinski definition) is 3. The summed E-state index contributed by atoms with van der Waals surface area (Å²) in [5.41, 5.74) is 2.10. The third-order valence-corrected chi connectivity index (χ3v) is 3.81. The van der Waals surface area contributed by atoms with Crippen LogP contribution in [-0.4, -0.2) is 26.7 Å². The summed E-state index contributed by atoms with van der Waals surface area (Å²) in [5.74, 6) is 4.40. The SMILES string of the molecule is C#CCOc1cc(CNC(=NC)NCc2cccc(Cl)c2)ccc1OC.I. The molecular formula is C20H23ClIN3O2. The smallest absolute Gasteiger partial charge is 0.191 e. The summed E-state index contributed by atoms with van der Waals surface area (Å²) in [6, 6.07) is 13.4. The number of benzene rings is 2. The lowest BCUT2D eigenvalue weighted by Crippen LogP contribution is -2.36. The first kappa shape index (κ1) is 22.9. The zero-order chi connectivity index (χ0) is 18.8. The zero-order valence-electron chi connectivity index (χ0n) is 15.3. The fourth-order valence-corrected chi connectivity index (χ4v) is 2.52. The number of nitrogens with one attached hydrogen (secondary N) is 2. The van der Waals surface area contributed by atoms with Gasteiger partial charge in [0, 0.05) is 25.2 Å². The van der Waals surface area contributed by atoms with Gasteiger partial charge in [0.05, 0.1) is 7.11 Å². The van der Waals surface area contributed by atoms with Crippen molar-refractivity contribution in [2.45, 2.75) is 13.1 Å². The predicted octanol–water partition coefficient (Wildman–Crippen LogP) is 3.84. The van der Waals surface area contributed by atoms with Gasteiger partial charge in [-0.05, 0) is 35.4 Å². The molecule has 0 unspecified atom stereocenters. The van der Waals surface area contributed by atoms with Crippen molar-refractivity contribution in [1.29, 1.82) is 0 Å². The van der Waals surface area contributed by atoms with E-state index in [1.165, 1.54) is 0 Å². The summed E-state index contributed by atoms with van der Waals surface area (Å²) in [6.07, 6.45) is 5.25. The van der Waals surface area contributed by atoms with Gasteiger partial charge in [0.15, 0.2) is 17.5 Å². The van der Waals surface area contributed by atoms with Crippen molar-refractivity contribution < 1.29 is 9.47 Å². The van der Waals surface area contributed by atoms with E-state index >= 15 is 0 Å². The Bertz CT molecular complexity index is 806. The number of nitrogens with zero attached hydrogens (tertiary/aromatic N) is 1. The molecule has 144 valence electrons. The summed E-state index contributed by atoms with van der Waals surface area (Å²) in [7, 11) is 3.32. The molecule has 0 fully saturated rings. The molecule has 0 aliphatic carbocycles. The Hall–Kier alpha value is -2.11. The molecule has 0 radical (unpaired) electrons. The van der Waals surface area contributed by atoms with E-state index in [1.807, 2.05) is 42.5 Å². The van der Waals surface area contributed by atoms with Gasteiger partial charge in [-0.15, -0.1) is 30.4 Å². The van der Waals surface area contributed by atoms with E-state index < -0.39 is 0 Å². The van der Waals surface area contributed by atoms with Crippen molar-refractivity contribution in [3.05, 3.63) is 58.6 Å². The van der Waals surface area contributed by atoms with E-state index in [0.717, 1.165) is 11.1 Å². The van der Waals surface area contributed by atoms with Crippen molar-refractivity contribution in [1.82, 2.24) is 10.6 Å². The molecule has 0 aromatic heterocycles. The van der Waals surface area contributed by atoms with Crippen LogP contribution in [0.5, 0.6) is 11.5 Å². The average molecular weight is 500 g/mol. The van der Waals surface area contributed by atoms with Crippen LogP contribution in [0.4, 0.5) is 0 Å². The van der Waals surface area contributed by atoms with Gasteiger partial charge in [-0.25, -0.2) is 0 Å². The number of terminal acetylenes is 1. The van der Waals surface area contributed by atoms with Crippen LogP contribution in [0.15, 0.2) is 47.5 Å². The van der Waals surface area contributed by atoms with Gasteiger partial charge in [-0.1, -0.05) is 35.7 Å². The van der Waals surface area contributed by atoms with Crippen LogP contribution in [-0.2, 0) is 13.1 Å². The molecule has 2 N–H and O–H groups in total. The maximum Gasteiger partial charge on any atom is 0.191 e. The van der Waals surface area contributed by atoms with Crippen LogP contribution in [0.1, 0.15) is 11.1 Å². The molecule has 0 amide bonds. The molecule has 0 spiro atoms. The molecule has 0 atom stereocenters. The fraction of sp³-hybridized carbons (Fsp3) is 0.250. The average Bonchev–Trinajstić information content (AvgIpc) is 2.66. The van der Waals surface area contributed by atoms with Gasteiger partial charge in [0.2, 0.25) is 0 Å². The number of rotatable bonds is 7. The highest BCUT2D eigenvalue weighted by Crippen LogP contribution is 2.27. The van der Waals surface area contributed by atoms with Crippen LogP contribution in [0.25, 0.3) is 0 Å². The van der Waals surface area contributed by atoms with Crippen LogP contribution in [0.3, 0.4) is 0 Å². The Labute approximate surface area is 182 Å². The van der Waals surface area contributed by atoms with Crippen LogP contribution < -0.4 is 20.1 Å². The first-order valence-electron chi connectivity index (χ1n) is 8.08. The second-order valence-electron chi connectivity index (χ2n) is 5.39. The molecule has 27 heavy (non-hydrogen) atoms. The van der Waals surface area contributed by atoms with E-state index in [2.05, 4.69) is 21.5 Å². The van der Waals surface area contributed by atoms with E-state index in [4.69, 9.17) is 27.5 Å². The molecule has 7 heteroatoms. The lowest BCUT2D eigenvalue weighted by atomic mass is 10.2. The second-order valence-corrected chi connectivity index (χ2v) is 5.82. The highest BCUT2D eigenvalue weighted by molar-refractivity contribution is 14.0. The molecule has 2 aromatic carbocycles. The van der Waals surface area contributed by atoms with Gasteiger partial charge in [0.1, 0.15) is 6.61 Å². The number of halogens is 2. The largest absolute Gasteiger partial charge is 0.493 e. The summed E-state index contributed by atoms with van der Waals surface area (Å²) in [5, 5.41) is 7.23. The maximum absolute atomic E-state index is 6.00. The van der Waals surface area contributed by atoms with Crippen molar-refractivity contribution >= 4 is 41.5 Å². The molecule has 0 heterocycles. The minimum atomic E-state index is 0. The molecule has 0 aliphatic rings. The maximum atomic E-state index is 6.00. The lowest BCUT2D eigenvalue weighted by Gasteiger charge is -2.14. The quantitative estimate of drug-likeness (QED) is 0.263. The third-order valence-electron chi connectivity index (χ3n) is 3.57. The molecule has 0 bridgehead atoms. The van der Waals surface area contributed by atoms with Crippen LogP contribution in [0, 0.1) is 12.3 Å². The van der Waals surface area contributed by atoms with Crippen LogP contribution >= 0.6 is 35.6 Å². The van der Waals surface area contributed by atoms with Gasteiger partial charge >= 0.3 is 0 Å². The molecular weight excluding hydrogens is 477 g/mol. The first-order chi connectivity index (χ1) is 12.7. The van der Waals surface area contributed by atoms with E-state index in [0.29, 0.717) is 35.6 Å². The van der Waals surface area contributed by atoms with E-state index in [9.17, 15) is 0 Å². The van der Waals surface area contributed by atoms with Crippen LogP contribution in [0.2, 0.25) is 5.02 Å². The molecule has 5 nitrogen and oxygen atoms in total. The van der Waals surface area contributed by atoms with Crippen molar-refractivity contribution in [3.63, 3.8) is 0 Å². The highest BCUT2D eigenvalue weighted by Gasteiger charge is 2.06. The standard InChI is InChI=1S/C20H22ClN3O2.HI/c1-4-10-26-19-12-16(8-9-18(19)25-3)14-24-20(22-2)23-13-15-6-5-7-17(21)11-15;/h1,5-9,11-12H,10,13-14H2,2-3H3,(H2,22,23,24);1H. The minimum absolute atomic E-state index is 0. The van der Waals surface area contributed by atoms with E-state index in [-0.39, 0.29) is 30.6 Å². The molecule has 0 saturated heterocycles. The minimum Gasteiger partial charge on any atom is -0.493 e. The van der Waals surface area contributed by atoms with Crippen molar-refractivity contribution in [3.8, 4) is 23.8 Å². The number of ether oxygens (including phenoxy) is 2. The summed E-state index contributed by atoms with van der Waals surface area (Å²) >= 11 is 6.00. The van der Waals surface area contributed by atoms with Gasteiger partial charge in [-0.3, -0.25) is 4.99 Å². The van der Waals surface area contributed by atoms with Gasteiger partial charge < -0.3 is 20.1 Å². The Morgan fingerprint density at radius 1 is 1.11 bits per heavy atom. The van der Waals surface area contributed by atoms with E-state index in [1.54, 1.807) is 14.2 Å². The monoisotopic (exact) mass is 499 g/mol. The Morgan fingerprint density at radius 3 is 2.41 bits per heavy atom. The Kier molecular flexibility index (Phi) is 10.5. The third kappa shape index (κ3) is 7.57. The number of hydrogen-bond donors (Lipinski definition) is 2. The Balaban J connectivity index is 0.00000364. The molecule has 0 saturated carbocycles.